The SMILES string of the molecule is CCNC(=NCc1ccc(N(CC)CC)nc1)NCCCOCC1CC1.I. The van der Waals surface area contributed by atoms with Crippen molar-refractivity contribution in [1.82, 2.24) is 15.6 Å². The number of nitrogens with one attached hydrogen (secondary N) is 2. The molecule has 0 bridgehead atoms. The first-order valence-corrected chi connectivity index (χ1v) is 10.1. The molecule has 2 rings (SSSR count). The van der Waals surface area contributed by atoms with Crippen molar-refractivity contribution in [3.05, 3.63) is 23.9 Å². The average Bonchev–Trinajstić information content (AvgIpc) is 3.49. The Bertz CT molecular complexity index is 530. The van der Waals surface area contributed by atoms with E-state index in [0.717, 1.165) is 69.1 Å². The van der Waals surface area contributed by atoms with Gasteiger partial charge in [0.05, 0.1) is 6.54 Å². The quantitative estimate of drug-likeness (QED) is 0.204. The van der Waals surface area contributed by atoms with Gasteiger partial charge in [0.1, 0.15) is 5.82 Å². The molecule has 0 aliphatic heterocycles. The van der Waals surface area contributed by atoms with Crippen molar-refractivity contribution in [3.63, 3.8) is 0 Å². The molecule has 1 saturated carbocycles. The van der Waals surface area contributed by atoms with E-state index in [9.17, 15) is 0 Å². The monoisotopic (exact) mass is 489 g/mol. The van der Waals surface area contributed by atoms with Gasteiger partial charge in [-0.25, -0.2) is 9.98 Å². The predicted molar refractivity (Wildman–Crippen MR) is 124 cm³/mol. The average molecular weight is 489 g/mol. The number of pyridine rings is 1. The fraction of sp³-hybridized carbons (Fsp3) is 0.700. The van der Waals surface area contributed by atoms with Gasteiger partial charge in [0.2, 0.25) is 0 Å². The second-order valence-corrected chi connectivity index (χ2v) is 6.69. The molecule has 1 aromatic rings. The number of anilines is 1. The van der Waals surface area contributed by atoms with E-state index in [0.29, 0.717) is 6.54 Å². The summed E-state index contributed by atoms with van der Waals surface area (Å²) in [6.07, 6.45) is 5.62. The summed E-state index contributed by atoms with van der Waals surface area (Å²) in [7, 11) is 0. The zero-order chi connectivity index (χ0) is 18.6. The third-order valence-electron chi connectivity index (χ3n) is 4.47. The van der Waals surface area contributed by atoms with Gasteiger partial charge in [-0.3, -0.25) is 0 Å². The Labute approximate surface area is 181 Å². The van der Waals surface area contributed by atoms with E-state index >= 15 is 0 Å². The molecule has 2 N–H and O–H groups in total. The summed E-state index contributed by atoms with van der Waals surface area (Å²) < 4.78 is 5.67. The van der Waals surface area contributed by atoms with Crippen molar-refractivity contribution in [2.24, 2.45) is 10.9 Å². The van der Waals surface area contributed by atoms with E-state index in [4.69, 9.17) is 4.74 Å². The lowest BCUT2D eigenvalue weighted by atomic mass is 10.3. The highest BCUT2D eigenvalue weighted by Crippen LogP contribution is 2.28. The lowest BCUT2D eigenvalue weighted by Gasteiger charge is -2.19. The lowest BCUT2D eigenvalue weighted by molar-refractivity contribution is 0.123. The molecule has 1 aliphatic carbocycles. The van der Waals surface area contributed by atoms with Crippen LogP contribution in [0.15, 0.2) is 23.3 Å². The van der Waals surface area contributed by atoms with Gasteiger partial charge in [0.25, 0.3) is 0 Å². The molecule has 27 heavy (non-hydrogen) atoms. The summed E-state index contributed by atoms with van der Waals surface area (Å²) in [5.74, 6) is 2.71. The molecule has 1 aromatic heterocycles. The highest BCUT2D eigenvalue weighted by Gasteiger charge is 2.20. The highest BCUT2D eigenvalue weighted by atomic mass is 127. The van der Waals surface area contributed by atoms with Crippen LogP contribution in [0.25, 0.3) is 0 Å². The number of rotatable bonds is 12. The molecule has 0 spiro atoms. The molecule has 154 valence electrons. The molecule has 0 unspecified atom stereocenters. The van der Waals surface area contributed by atoms with Gasteiger partial charge in [0.15, 0.2) is 5.96 Å². The number of guanidine groups is 1. The topological polar surface area (TPSA) is 61.8 Å². The van der Waals surface area contributed by atoms with E-state index in [1.54, 1.807) is 0 Å². The summed E-state index contributed by atoms with van der Waals surface area (Å²) >= 11 is 0. The zero-order valence-electron chi connectivity index (χ0n) is 17.0. The Hall–Kier alpha value is -1.09. The molecule has 0 radical (unpaired) electrons. The first kappa shape index (κ1) is 23.9. The first-order chi connectivity index (χ1) is 12.8. The summed E-state index contributed by atoms with van der Waals surface area (Å²) in [6.45, 7) is 12.4. The minimum atomic E-state index is 0. The third kappa shape index (κ3) is 9.60. The molecule has 1 fully saturated rings. The maximum Gasteiger partial charge on any atom is 0.191 e. The van der Waals surface area contributed by atoms with Gasteiger partial charge < -0.3 is 20.3 Å². The van der Waals surface area contributed by atoms with Gasteiger partial charge in [-0.2, -0.15) is 0 Å². The minimum absolute atomic E-state index is 0. The van der Waals surface area contributed by atoms with E-state index in [1.165, 1.54) is 12.8 Å². The van der Waals surface area contributed by atoms with Gasteiger partial charge in [0, 0.05) is 45.6 Å². The number of ether oxygens (including phenoxy) is 1. The molecule has 1 aliphatic rings. The van der Waals surface area contributed by atoms with Crippen molar-refractivity contribution in [3.8, 4) is 0 Å². The fourth-order valence-corrected chi connectivity index (χ4v) is 2.67. The Balaban J connectivity index is 0.00000364. The van der Waals surface area contributed by atoms with Crippen LogP contribution in [-0.4, -0.2) is 50.3 Å². The standard InChI is InChI=1S/C20H35N5O.HI/c1-4-21-20(22-12-7-13-26-16-17-8-9-17)24-15-18-10-11-19(23-14-18)25(5-2)6-3;/h10-11,14,17H,4-9,12-13,15-16H2,1-3H3,(H2,21,22,24);1H. The Kier molecular flexibility index (Phi) is 12.4. The van der Waals surface area contributed by atoms with Gasteiger partial charge in [-0.05, 0) is 57.6 Å². The van der Waals surface area contributed by atoms with E-state index in [1.807, 2.05) is 6.20 Å². The molecule has 1 heterocycles. The number of hydrogen-bond donors (Lipinski definition) is 2. The van der Waals surface area contributed by atoms with E-state index in [-0.39, 0.29) is 24.0 Å². The van der Waals surface area contributed by atoms with Crippen molar-refractivity contribution in [1.29, 1.82) is 0 Å². The largest absolute Gasteiger partial charge is 0.381 e. The van der Waals surface area contributed by atoms with E-state index < -0.39 is 0 Å². The predicted octanol–water partition coefficient (Wildman–Crippen LogP) is 3.42. The van der Waals surface area contributed by atoms with Crippen LogP contribution in [0, 0.1) is 5.92 Å². The molecule has 0 saturated heterocycles. The third-order valence-corrected chi connectivity index (χ3v) is 4.47. The second-order valence-electron chi connectivity index (χ2n) is 6.69. The van der Waals surface area contributed by atoms with Crippen molar-refractivity contribution < 1.29 is 4.74 Å². The van der Waals surface area contributed by atoms with Crippen LogP contribution < -0.4 is 15.5 Å². The van der Waals surface area contributed by atoms with Crippen LogP contribution in [0.3, 0.4) is 0 Å². The molecule has 6 nitrogen and oxygen atoms in total. The minimum Gasteiger partial charge on any atom is -0.381 e. The summed E-state index contributed by atoms with van der Waals surface area (Å²) in [4.78, 5) is 11.5. The zero-order valence-corrected chi connectivity index (χ0v) is 19.4. The number of halogens is 1. The number of hydrogen-bond acceptors (Lipinski definition) is 4. The maximum absolute atomic E-state index is 5.67. The molecule has 0 amide bonds. The molecule has 7 heteroatoms. The number of aliphatic imine (C=N–C) groups is 1. The summed E-state index contributed by atoms with van der Waals surface area (Å²) in [5, 5.41) is 6.66. The van der Waals surface area contributed by atoms with Crippen LogP contribution in [0.1, 0.15) is 45.6 Å². The van der Waals surface area contributed by atoms with E-state index in [2.05, 4.69) is 58.4 Å². The smallest absolute Gasteiger partial charge is 0.191 e. The van der Waals surface area contributed by atoms with Crippen molar-refractivity contribution >= 4 is 35.8 Å². The Morgan fingerprint density at radius 3 is 2.59 bits per heavy atom. The van der Waals surface area contributed by atoms with Crippen molar-refractivity contribution in [2.75, 3.05) is 44.3 Å². The van der Waals surface area contributed by atoms with Gasteiger partial charge in [-0.1, -0.05) is 6.07 Å². The van der Waals surface area contributed by atoms with Gasteiger partial charge in [-0.15, -0.1) is 24.0 Å². The molecular formula is C20H36IN5O. The first-order valence-electron chi connectivity index (χ1n) is 10.1. The van der Waals surface area contributed by atoms with Crippen LogP contribution in [-0.2, 0) is 11.3 Å². The van der Waals surface area contributed by atoms with Gasteiger partial charge >= 0.3 is 0 Å². The van der Waals surface area contributed by atoms with Crippen LogP contribution >= 0.6 is 24.0 Å². The summed E-state index contributed by atoms with van der Waals surface area (Å²) in [5.41, 5.74) is 1.12. The Morgan fingerprint density at radius 2 is 2.00 bits per heavy atom. The maximum atomic E-state index is 5.67. The number of nitrogens with zero attached hydrogens (tertiary/aromatic N) is 3. The molecule has 0 aromatic carbocycles. The second kappa shape index (κ2) is 14.0. The Morgan fingerprint density at radius 1 is 1.22 bits per heavy atom. The number of aromatic nitrogens is 1. The highest BCUT2D eigenvalue weighted by molar-refractivity contribution is 14.0. The normalized spacial score (nSPS) is 13.8. The van der Waals surface area contributed by atoms with Crippen LogP contribution in [0.4, 0.5) is 5.82 Å². The van der Waals surface area contributed by atoms with Crippen LogP contribution in [0.5, 0.6) is 0 Å². The van der Waals surface area contributed by atoms with Crippen LogP contribution in [0.2, 0.25) is 0 Å². The van der Waals surface area contributed by atoms with Crippen molar-refractivity contribution in [2.45, 2.75) is 46.6 Å². The molecular weight excluding hydrogens is 453 g/mol. The lowest BCUT2D eigenvalue weighted by Crippen LogP contribution is -2.38. The fourth-order valence-electron chi connectivity index (χ4n) is 2.67. The molecule has 0 atom stereocenters. The summed E-state index contributed by atoms with van der Waals surface area (Å²) in [6, 6.07) is 4.19.